The summed E-state index contributed by atoms with van der Waals surface area (Å²) in [6.07, 6.45) is 0.818. The molecule has 0 radical (unpaired) electrons. The molecule has 0 N–H and O–H groups in total. The van der Waals surface area contributed by atoms with Crippen LogP contribution in [0.4, 0.5) is 0 Å². The van der Waals surface area contributed by atoms with Gasteiger partial charge in [0.25, 0.3) is 0 Å². The zero-order valence-electron chi connectivity index (χ0n) is 10.4. The van der Waals surface area contributed by atoms with E-state index >= 15 is 0 Å². The monoisotopic (exact) mass is 295 g/mol. The number of alkyl halides is 1. The van der Waals surface area contributed by atoms with E-state index in [9.17, 15) is 8.42 Å². The molecule has 1 aromatic rings. The first kappa shape index (κ1) is 15.0. The van der Waals surface area contributed by atoms with Crippen molar-refractivity contribution in [1.82, 2.24) is 4.31 Å². The van der Waals surface area contributed by atoms with Crippen LogP contribution in [0.25, 0.3) is 0 Å². The van der Waals surface area contributed by atoms with Crippen LogP contribution in [0.15, 0.2) is 11.0 Å². The van der Waals surface area contributed by atoms with Crippen molar-refractivity contribution in [3.63, 3.8) is 0 Å². The quantitative estimate of drug-likeness (QED) is 0.756. The van der Waals surface area contributed by atoms with Crippen LogP contribution in [0.3, 0.4) is 0 Å². The van der Waals surface area contributed by atoms with Gasteiger partial charge in [-0.1, -0.05) is 13.8 Å². The van der Waals surface area contributed by atoms with Crippen molar-refractivity contribution >= 4 is 33.0 Å². The Labute approximate surface area is 112 Å². The molecule has 0 aliphatic rings. The largest absolute Gasteiger partial charge is 0.244 e. The van der Waals surface area contributed by atoms with E-state index < -0.39 is 10.0 Å². The van der Waals surface area contributed by atoms with Crippen molar-refractivity contribution in [3.8, 4) is 0 Å². The summed E-state index contributed by atoms with van der Waals surface area (Å²) < 4.78 is 26.3. The van der Waals surface area contributed by atoms with Gasteiger partial charge in [0, 0.05) is 22.8 Å². The molecule has 1 heterocycles. The molecule has 0 aromatic carbocycles. The topological polar surface area (TPSA) is 37.4 Å². The molecule has 0 bridgehead atoms. The van der Waals surface area contributed by atoms with E-state index in [1.54, 1.807) is 6.07 Å². The SMILES string of the molecule is CCCN(CC)S(=O)(=O)c1cc(CCl)sc1C. The fraction of sp³-hybridized carbons (Fsp3) is 0.636. The number of aryl methyl sites for hydroxylation is 1. The molecule has 0 unspecified atom stereocenters. The molecule has 3 nitrogen and oxygen atoms in total. The molecule has 17 heavy (non-hydrogen) atoms. The zero-order chi connectivity index (χ0) is 13.1. The van der Waals surface area contributed by atoms with Crippen molar-refractivity contribution in [2.75, 3.05) is 13.1 Å². The Hall–Kier alpha value is -0.100. The van der Waals surface area contributed by atoms with Gasteiger partial charge in [0.1, 0.15) is 0 Å². The average Bonchev–Trinajstić information content (AvgIpc) is 2.67. The molecule has 0 spiro atoms. The summed E-state index contributed by atoms with van der Waals surface area (Å²) in [6.45, 7) is 6.72. The van der Waals surface area contributed by atoms with Gasteiger partial charge in [-0.2, -0.15) is 4.31 Å². The van der Waals surface area contributed by atoms with Crippen LogP contribution in [0, 0.1) is 6.92 Å². The van der Waals surface area contributed by atoms with Gasteiger partial charge in [-0.15, -0.1) is 22.9 Å². The molecular weight excluding hydrogens is 278 g/mol. The Morgan fingerprint density at radius 2 is 2.06 bits per heavy atom. The zero-order valence-corrected chi connectivity index (χ0v) is 12.8. The van der Waals surface area contributed by atoms with Gasteiger partial charge in [0.15, 0.2) is 0 Å². The van der Waals surface area contributed by atoms with E-state index in [0.717, 1.165) is 16.2 Å². The van der Waals surface area contributed by atoms with Crippen LogP contribution < -0.4 is 0 Å². The van der Waals surface area contributed by atoms with E-state index in [1.807, 2.05) is 20.8 Å². The number of halogens is 1. The first-order valence-electron chi connectivity index (χ1n) is 5.62. The van der Waals surface area contributed by atoms with Crippen LogP contribution in [-0.4, -0.2) is 25.8 Å². The Balaban J connectivity index is 3.15. The Morgan fingerprint density at radius 3 is 2.47 bits per heavy atom. The Bertz CT molecular complexity index is 468. The highest BCUT2D eigenvalue weighted by Gasteiger charge is 2.25. The highest BCUT2D eigenvalue weighted by Crippen LogP contribution is 2.29. The van der Waals surface area contributed by atoms with Gasteiger partial charge < -0.3 is 0 Å². The fourth-order valence-electron chi connectivity index (χ4n) is 1.68. The van der Waals surface area contributed by atoms with E-state index in [4.69, 9.17) is 11.6 Å². The molecule has 0 atom stereocenters. The molecule has 1 rings (SSSR count). The minimum absolute atomic E-state index is 0.362. The maximum atomic E-state index is 12.4. The third-order valence-electron chi connectivity index (χ3n) is 2.50. The molecular formula is C11H18ClNO2S2. The van der Waals surface area contributed by atoms with Gasteiger partial charge in [0.05, 0.1) is 10.8 Å². The van der Waals surface area contributed by atoms with E-state index in [2.05, 4.69) is 0 Å². The predicted molar refractivity (Wildman–Crippen MR) is 73.3 cm³/mol. The highest BCUT2D eigenvalue weighted by molar-refractivity contribution is 7.89. The highest BCUT2D eigenvalue weighted by atomic mass is 35.5. The van der Waals surface area contributed by atoms with Crippen molar-refractivity contribution < 1.29 is 8.42 Å². The predicted octanol–water partition coefficient (Wildman–Crippen LogP) is 3.22. The van der Waals surface area contributed by atoms with Crippen molar-refractivity contribution in [2.45, 2.75) is 38.0 Å². The third kappa shape index (κ3) is 3.22. The second-order valence-electron chi connectivity index (χ2n) is 3.76. The van der Waals surface area contributed by atoms with E-state index in [0.29, 0.717) is 23.9 Å². The normalized spacial score (nSPS) is 12.3. The molecule has 0 saturated carbocycles. The lowest BCUT2D eigenvalue weighted by Crippen LogP contribution is -2.31. The van der Waals surface area contributed by atoms with Crippen LogP contribution in [0.1, 0.15) is 30.0 Å². The van der Waals surface area contributed by atoms with Crippen molar-refractivity contribution in [3.05, 3.63) is 15.8 Å². The van der Waals surface area contributed by atoms with E-state index in [-0.39, 0.29) is 0 Å². The summed E-state index contributed by atoms with van der Waals surface area (Å²) in [6, 6.07) is 1.70. The molecule has 0 fully saturated rings. The minimum atomic E-state index is -3.35. The number of hydrogen-bond donors (Lipinski definition) is 0. The number of hydrogen-bond acceptors (Lipinski definition) is 3. The summed E-state index contributed by atoms with van der Waals surface area (Å²) in [4.78, 5) is 2.12. The maximum Gasteiger partial charge on any atom is 0.244 e. The molecule has 0 aliphatic carbocycles. The van der Waals surface area contributed by atoms with Crippen LogP contribution in [0.2, 0.25) is 0 Å². The summed E-state index contributed by atoms with van der Waals surface area (Å²) in [5, 5.41) is 0. The van der Waals surface area contributed by atoms with Gasteiger partial charge in [-0.3, -0.25) is 0 Å². The second-order valence-corrected chi connectivity index (χ2v) is 7.28. The molecule has 98 valence electrons. The number of rotatable bonds is 6. The lowest BCUT2D eigenvalue weighted by Gasteiger charge is -2.19. The fourth-order valence-corrected chi connectivity index (χ4v) is 4.92. The van der Waals surface area contributed by atoms with Crippen LogP contribution in [-0.2, 0) is 15.9 Å². The van der Waals surface area contributed by atoms with E-state index in [1.165, 1.54) is 15.6 Å². The molecule has 6 heteroatoms. The smallest absolute Gasteiger partial charge is 0.207 e. The molecule has 1 aromatic heterocycles. The number of sulfonamides is 1. The Kier molecular flexibility index (Phi) is 5.44. The minimum Gasteiger partial charge on any atom is -0.207 e. The van der Waals surface area contributed by atoms with Gasteiger partial charge in [-0.25, -0.2) is 8.42 Å². The first-order valence-corrected chi connectivity index (χ1v) is 8.41. The van der Waals surface area contributed by atoms with Gasteiger partial charge in [0.2, 0.25) is 10.0 Å². The lowest BCUT2D eigenvalue weighted by atomic mass is 10.4. The lowest BCUT2D eigenvalue weighted by molar-refractivity contribution is 0.427. The van der Waals surface area contributed by atoms with Crippen LogP contribution >= 0.6 is 22.9 Å². The third-order valence-corrected chi connectivity index (χ3v) is 6.23. The Morgan fingerprint density at radius 1 is 1.41 bits per heavy atom. The standard InChI is InChI=1S/C11H18ClNO2S2/c1-4-6-13(5-2)17(14,15)11-7-10(8-12)16-9(11)3/h7H,4-6,8H2,1-3H3. The summed E-state index contributed by atoms with van der Waals surface area (Å²) in [5.74, 6) is 0.362. The van der Waals surface area contributed by atoms with Crippen molar-refractivity contribution in [1.29, 1.82) is 0 Å². The molecule has 0 aliphatic heterocycles. The summed E-state index contributed by atoms with van der Waals surface area (Å²) in [7, 11) is -3.35. The molecule has 0 amide bonds. The van der Waals surface area contributed by atoms with Gasteiger partial charge in [-0.05, 0) is 19.4 Å². The summed E-state index contributed by atoms with van der Waals surface area (Å²) >= 11 is 7.19. The summed E-state index contributed by atoms with van der Waals surface area (Å²) in [5.41, 5.74) is 0. The average molecular weight is 296 g/mol. The van der Waals surface area contributed by atoms with Crippen LogP contribution in [0.5, 0.6) is 0 Å². The first-order chi connectivity index (χ1) is 7.97. The maximum absolute atomic E-state index is 12.4. The van der Waals surface area contributed by atoms with Gasteiger partial charge >= 0.3 is 0 Å². The number of nitrogens with zero attached hydrogens (tertiary/aromatic N) is 1. The van der Waals surface area contributed by atoms with Crippen molar-refractivity contribution in [2.24, 2.45) is 0 Å². The second kappa shape index (κ2) is 6.18. The number of thiophene rings is 1. The molecule has 0 saturated heterocycles.